The molecule has 2 aromatic rings. The smallest absolute Gasteiger partial charge is 0.407 e. The topological polar surface area (TPSA) is 117 Å². The van der Waals surface area contributed by atoms with E-state index in [-0.39, 0.29) is 35.7 Å². The normalized spacial score (nSPS) is 22.3. The van der Waals surface area contributed by atoms with Crippen molar-refractivity contribution in [1.82, 2.24) is 20.4 Å². The zero-order chi connectivity index (χ0) is 42.2. The molecule has 0 aromatic heterocycles. The molecule has 8 rings (SSSR count). The number of fused-ring (bicyclic) bond motifs is 2. The van der Waals surface area contributed by atoms with Crippen molar-refractivity contribution < 1.29 is 28.7 Å². The van der Waals surface area contributed by atoms with E-state index in [0.29, 0.717) is 13.1 Å². The van der Waals surface area contributed by atoms with E-state index in [9.17, 15) is 19.2 Å². The quantitative estimate of drug-likeness (QED) is 0.234. The Hall–Kier alpha value is -5.12. The number of nitrogens with zero attached hydrogens (tertiary/aromatic N) is 2. The number of ether oxygens (including phenoxy) is 2. The molecule has 2 N–H and O–H groups in total. The van der Waals surface area contributed by atoms with E-state index >= 15 is 0 Å². The second-order valence-corrected chi connectivity index (χ2v) is 18.2. The lowest BCUT2D eigenvalue weighted by Gasteiger charge is -2.32. The van der Waals surface area contributed by atoms with Crippen LogP contribution in [0.2, 0.25) is 0 Å². The Morgan fingerprint density at radius 2 is 0.867 bits per heavy atom. The van der Waals surface area contributed by atoms with Crippen molar-refractivity contribution in [3.63, 3.8) is 0 Å². The molecule has 318 valence electrons. The molecule has 0 unspecified atom stereocenters. The second kappa shape index (κ2) is 17.5. The Kier molecular flexibility index (Phi) is 12.1. The van der Waals surface area contributed by atoms with Crippen molar-refractivity contribution in [2.75, 3.05) is 27.3 Å². The maximum Gasteiger partial charge on any atom is 0.407 e. The molecule has 2 heterocycles. The highest BCUT2D eigenvalue weighted by molar-refractivity contribution is 5.89. The molecular formula is C50H62N4O6. The zero-order valence-electron chi connectivity index (χ0n) is 36.3. The number of carbonyl (C=O) groups is 4. The van der Waals surface area contributed by atoms with Crippen molar-refractivity contribution in [2.24, 2.45) is 11.8 Å². The largest absolute Gasteiger partial charge is 0.453 e. The fourth-order valence-electron chi connectivity index (χ4n) is 11.1. The fourth-order valence-corrected chi connectivity index (χ4v) is 11.1. The van der Waals surface area contributed by atoms with Gasteiger partial charge in [-0.25, -0.2) is 9.59 Å². The lowest BCUT2D eigenvalue weighted by atomic mass is 9.92. The number of rotatable bonds is 11. The van der Waals surface area contributed by atoms with E-state index in [0.717, 1.165) is 77.0 Å². The number of methoxy groups -OCH3 is 2. The summed E-state index contributed by atoms with van der Waals surface area (Å²) in [5.41, 5.74) is 16.4. The summed E-state index contributed by atoms with van der Waals surface area (Å²) in [5, 5.41) is 5.60. The van der Waals surface area contributed by atoms with Crippen molar-refractivity contribution >= 4 is 35.1 Å². The van der Waals surface area contributed by atoms with Crippen LogP contribution in [0.4, 0.5) is 9.59 Å². The van der Waals surface area contributed by atoms with Gasteiger partial charge in [0.15, 0.2) is 0 Å². The molecule has 2 aliphatic heterocycles. The van der Waals surface area contributed by atoms with Gasteiger partial charge in [-0.3, -0.25) is 9.59 Å². The minimum Gasteiger partial charge on any atom is -0.453 e. The second-order valence-electron chi connectivity index (χ2n) is 18.2. The standard InChI is InChI=1S/C50H62N4O6/c1-29(2)45(51-49(57)59-5)47(55)53-25-9-15-43(53)41-27-39(35-11-7-13-37(35)41)33-21-17-31(18-22-33)32-19-23-34(24-20-32)40-28-42(38-14-8-12-36(38)40)44-16-10-26-54(44)48(56)46(30(3)4)52-50(58)60-6/h17-24,29-30,43-46H,7-16,25-28H2,1-6H3,(H,51,57)(H,52,58)/t43-,44-,45-,46-/m0/s1. The number of nitrogens with one attached hydrogen (secondary N) is 2. The fraction of sp³-hybridized carbons (Fsp3) is 0.520. The van der Waals surface area contributed by atoms with Crippen LogP contribution in [0.1, 0.15) is 116 Å². The molecule has 2 saturated heterocycles. The summed E-state index contributed by atoms with van der Waals surface area (Å²) in [4.78, 5) is 56.2. The number of likely N-dealkylation sites (tertiary alicyclic amines) is 2. The van der Waals surface area contributed by atoms with Crippen LogP contribution < -0.4 is 10.6 Å². The summed E-state index contributed by atoms with van der Waals surface area (Å²) in [6.07, 6.45) is 11.0. The van der Waals surface area contributed by atoms with E-state index in [1.54, 1.807) is 0 Å². The first-order valence-corrected chi connectivity index (χ1v) is 22.4. The van der Waals surface area contributed by atoms with Crippen LogP contribution in [0.3, 0.4) is 0 Å². The first-order chi connectivity index (χ1) is 29.0. The summed E-state index contributed by atoms with van der Waals surface area (Å²) in [5.74, 6) is -0.134. The summed E-state index contributed by atoms with van der Waals surface area (Å²) < 4.78 is 9.71. The van der Waals surface area contributed by atoms with Crippen molar-refractivity contribution in [2.45, 2.75) is 129 Å². The monoisotopic (exact) mass is 814 g/mol. The number of hydrogen-bond acceptors (Lipinski definition) is 6. The number of benzene rings is 2. The van der Waals surface area contributed by atoms with Crippen LogP contribution in [-0.4, -0.2) is 85.3 Å². The zero-order valence-corrected chi connectivity index (χ0v) is 36.3. The van der Waals surface area contributed by atoms with Gasteiger partial charge in [0.05, 0.1) is 26.3 Å². The van der Waals surface area contributed by atoms with Gasteiger partial charge in [-0.05, 0) is 156 Å². The number of amides is 4. The Morgan fingerprint density at radius 1 is 0.517 bits per heavy atom. The Morgan fingerprint density at radius 3 is 1.22 bits per heavy atom. The van der Waals surface area contributed by atoms with E-state index in [2.05, 4.69) is 59.2 Å². The minimum absolute atomic E-state index is 0.0155. The van der Waals surface area contributed by atoms with Gasteiger partial charge in [0, 0.05) is 13.1 Å². The van der Waals surface area contributed by atoms with Gasteiger partial charge < -0.3 is 29.9 Å². The van der Waals surface area contributed by atoms with Gasteiger partial charge >= 0.3 is 12.2 Å². The predicted molar refractivity (Wildman–Crippen MR) is 235 cm³/mol. The third-order valence-corrected chi connectivity index (χ3v) is 14.1. The van der Waals surface area contributed by atoms with Crippen LogP contribution in [0.25, 0.3) is 22.3 Å². The molecule has 0 bridgehead atoms. The first-order valence-electron chi connectivity index (χ1n) is 22.4. The Balaban J connectivity index is 0.953. The van der Waals surface area contributed by atoms with Crippen molar-refractivity contribution in [3.05, 3.63) is 93.1 Å². The minimum atomic E-state index is -0.617. The molecule has 4 aliphatic carbocycles. The highest BCUT2D eigenvalue weighted by Gasteiger charge is 2.43. The molecule has 10 heteroatoms. The van der Waals surface area contributed by atoms with Gasteiger partial charge in [0.2, 0.25) is 11.8 Å². The van der Waals surface area contributed by atoms with Gasteiger partial charge in [-0.1, -0.05) is 76.2 Å². The number of carbonyl (C=O) groups excluding carboxylic acids is 4. The molecule has 2 saturated carbocycles. The van der Waals surface area contributed by atoms with Crippen LogP contribution in [0.15, 0.2) is 82.0 Å². The lowest BCUT2D eigenvalue weighted by Crippen LogP contribution is -2.52. The van der Waals surface area contributed by atoms with Gasteiger partial charge in [-0.2, -0.15) is 0 Å². The third-order valence-electron chi connectivity index (χ3n) is 14.1. The molecule has 2 aromatic carbocycles. The van der Waals surface area contributed by atoms with Gasteiger partial charge in [-0.15, -0.1) is 0 Å². The molecule has 4 atom stereocenters. The number of allylic oxidation sites excluding steroid dienone is 6. The molecule has 6 aliphatic rings. The summed E-state index contributed by atoms with van der Waals surface area (Å²) >= 11 is 0. The predicted octanol–water partition coefficient (Wildman–Crippen LogP) is 9.37. The van der Waals surface area contributed by atoms with Gasteiger partial charge in [0.1, 0.15) is 12.1 Å². The maximum atomic E-state index is 13.9. The van der Waals surface area contributed by atoms with Crippen LogP contribution in [0, 0.1) is 11.8 Å². The molecule has 4 fully saturated rings. The molecule has 60 heavy (non-hydrogen) atoms. The highest BCUT2D eigenvalue weighted by atomic mass is 16.5. The van der Waals surface area contributed by atoms with Crippen LogP contribution in [0.5, 0.6) is 0 Å². The van der Waals surface area contributed by atoms with E-state index in [4.69, 9.17) is 9.47 Å². The molecular weight excluding hydrogens is 753 g/mol. The Bertz CT molecular complexity index is 2010. The third kappa shape index (κ3) is 7.82. The first kappa shape index (κ1) is 41.6. The van der Waals surface area contributed by atoms with Gasteiger partial charge in [0.25, 0.3) is 0 Å². The number of hydrogen-bond donors (Lipinski definition) is 2. The van der Waals surface area contributed by atoms with Crippen LogP contribution >= 0.6 is 0 Å². The summed E-state index contributed by atoms with van der Waals surface area (Å²) in [7, 11) is 2.67. The SMILES string of the molecule is COC(=O)N[C@H](C(=O)N1CCC[C@H]1C1=C2CCCC2=C(c2ccc(-c3ccc(C4=C5CCCC5=C([C@@H]5CCCN5C(=O)[C@@H](NC(=O)OC)C(C)C)C4)cc3)cc2)C1)C(C)C. The van der Waals surface area contributed by atoms with E-state index in [1.165, 1.54) is 81.1 Å². The van der Waals surface area contributed by atoms with Crippen molar-refractivity contribution in [1.29, 1.82) is 0 Å². The Labute approximate surface area is 355 Å². The van der Waals surface area contributed by atoms with E-state index in [1.807, 2.05) is 37.5 Å². The summed E-state index contributed by atoms with van der Waals surface area (Å²) in [6, 6.07) is 17.0. The molecule has 10 nitrogen and oxygen atoms in total. The molecule has 0 radical (unpaired) electrons. The average Bonchev–Trinajstić information content (AvgIpc) is 4.11. The van der Waals surface area contributed by atoms with E-state index < -0.39 is 24.3 Å². The summed E-state index contributed by atoms with van der Waals surface area (Å²) in [6.45, 7) is 9.28. The molecule has 0 spiro atoms. The average molecular weight is 815 g/mol. The van der Waals surface area contributed by atoms with Crippen LogP contribution in [-0.2, 0) is 19.1 Å². The molecule has 4 amide bonds. The lowest BCUT2D eigenvalue weighted by molar-refractivity contribution is -0.135. The highest BCUT2D eigenvalue weighted by Crippen LogP contribution is 2.51. The maximum absolute atomic E-state index is 13.9. The number of alkyl carbamates (subject to hydrolysis) is 2. The van der Waals surface area contributed by atoms with Crippen molar-refractivity contribution in [3.8, 4) is 11.1 Å².